The van der Waals surface area contributed by atoms with Crippen LogP contribution >= 0.6 is 11.6 Å². The SMILES string of the molecule is CCCNc1ccc(Cl)c(C(=O)N2CCC(C)C2)n1. The Balaban J connectivity index is 2.15. The van der Waals surface area contributed by atoms with E-state index in [1.807, 2.05) is 4.90 Å². The Morgan fingerprint density at radius 2 is 2.37 bits per heavy atom. The molecule has 1 unspecified atom stereocenters. The standard InChI is InChI=1S/C14H20ClN3O/c1-3-7-16-12-5-4-11(15)13(17-12)14(19)18-8-6-10(2)9-18/h4-5,10H,3,6-9H2,1-2H3,(H,16,17). The molecule has 104 valence electrons. The summed E-state index contributed by atoms with van der Waals surface area (Å²) >= 11 is 6.10. The number of carbonyl (C=O) groups excluding carboxylic acids is 1. The van der Waals surface area contributed by atoms with Gasteiger partial charge < -0.3 is 10.2 Å². The summed E-state index contributed by atoms with van der Waals surface area (Å²) in [5.41, 5.74) is 0.358. The van der Waals surface area contributed by atoms with Crippen molar-refractivity contribution in [1.82, 2.24) is 9.88 Å². The molecule has 2 rings (SSSR count). The Hall–Kier alpha value is -1.29. The number of amides is 1. The molecule has 1 aliphatic rings. The quantitative estimate of drug-likeness (QED) is 0.923. The fraction of sp³-hybridized carbons (Fsp3) is 0.571. The van der Waals surface area contributed by atoms with Crippen LogP contribution in [0.15, 0.2) is 12.1 Å². The predicted octanol–water partition coefficient (Wildman–Crippen LogP) is 3.04. The first-order valence-electron chi connectivity index (χ1n) is 6.81. The van der Waals surface area contributed by atoms with Crippen LogP contribution < -0.4 is 5.32 Å². The van der Waals surface area contributed by atoms with Gasteiger partial charge in [0.1, 0.15) is 11.5 Å². The highest BCUT2D eigenvalue weighted by Crippen LogP contribution is 2.22. The minimum absolute atomic E-state index is 0.0606. The van der Waals surface area contributed by atoms with Crippen LogP contribution in [0.5, 0.6) is 0 Å². The highest BCUT2D eigenvalue weighted by atomic mass is 35.5. The number of rotatable bonds is 4. The Kier molecular flexibility index (Phi) is 4.64. The molecule has 1 amide bonds. The average Bonchev–Trinajstić information content (AvgIpc) is 2.84. The van der Waals surface area contributed by atoms with Gasteiger partial charge in [-0.25, -0.2) is 4.98 Å². The monoisotopic (exact) mass is 281 g/mol. The number of likely N-dealkylation sites (tertiary alicyclic amines) is 1. The number of nitrogens with one attached hydrogen (secondary N) is 1. The van der Waals surface area contributed by atoms with Crippen molar-refractivity contribution in [2.24, 2.45) is 5.92 Å². The summed E-state index contributed by atoms with van der Waals surface area (Å²) in [4.78, 5) is 18.6. The van der Waals surface area contributed by atoms with Gasteiger partial charge in [0.15, 0.2) is 0 Å². The van der Waals surface area contributed by atoms with Gasteiger partial charge in [-0.1, -0.05) is 25.4 Å². The van der Waals surface area contributed by atoms with E-state index in [2.05, 4.69) is 24.1 Å². The van der Waals surface area contributed by atoms with Crippen molar-refractivity contribution >= 4 is 23.3 Å². The number of pyridine rings is 1. The highest BCUT2D eigenvalue weighted by Gasteiger charge is 2.26. The van der Waals surface area contributed by atoms with Gasteiger partial charge in [-0.15, -0.1) is 0 Å². The summed E-state index contributed by atoms with van der Waals surface area (Å²) in [7, 11) is 0. The first-order chi connectivity index (χ1) is 9.11. The van der Waals surface area contributed by atoms with E-state index in [-0.39, 0.29) is 5.91 Å². The first-order valence-corrected chi connectivity index (χ1v) is 7.19. The lowest BCUT2D eigenvalue weighted by Gasteiger charge is -2.16. The third-order valence-corrected chi connectivity index (χ3v) is 3.62. The van der Waals surface area contributed by atoms with E-state index in [1.54, 1.807) is 12.1 Å². The van der Waals surface area contributed by atoms with Crippen molar-refractivity contribution in [3.63, 3.8) is 0 Å². The van der Waals surface area contributed by atoms with Crippen LogP contribution in [0.25, 0.3) is 0 Å². The number of halogens is 1. The van der Waals surface area contributed by atoms with Crippen molar-refractivity contribution in [1.29, 1.82) is 0 Å². The minimum Gasteiger partial charge on any atom is -0.370 e. The van der Waals surface area contributed by atoms with Crippen molar-refractivity contribution in [2.75, 3.05) is 25.0 Å². The number of hydrogen-bond acceptors (Lipinski definition) is 3. The molecule has 0 radical (unpaired) electrons. The largest absolute Gasteiger partial charge is 0.370 e. The van der Waals surface area contributed by atoms with E-state index in [0.29, 0.717) is 22.5 Å². The Morgan fingerprint density at radius 1 is 1.58 bits per heavy atom. The second kappa shape index (κ2) is 6.24. The van der Waals surface area contributed by atoms with Gasteiger partial charge in [0.05, 0.1) is 5.02 Å². The lowest BCUT2D eigenvalue weighted by Crippen LogP contribution is -2.29. The van der Waals surface area contributed by atoms with Crippen molar-refractivity contribution in [3.05, 3.63) is 22.8 Å². The Morgan fingerprint density at radius 3 is 3.00 bits per heavy atom. The van der Waals surface area contributed by atoms with Gasteiger partial charge in [0, 0.05) is 19.6 Å². The van der Waals surface area contributed by atoms with Crippen LogP contribution in [-0.4, -0.2) is 35.4 Å². The third kappa shape index (κ3) is 3.38. The Labute approximate surface area is 119 Å². The van der Waals surface area contributed by atoms with Gasteiger partial charge in [0.2, 0.25) is 0 Å². The maximum atomic E-state index is 12.4. The smallest absolute Gasteiger partial charge is 0.274 e. The molecule has 1 aromatic heterocycles. The highest BCUT2D eigenvalue weighted by molar-refractivity contribution is 6.33. The third-order valence-electron chi connectivity index (χ3n) is 3.32. The van der Waals surface area contributed by atoms with Crippen molar-refractivity contribution < 1.29 is 4.79 Å². The maximum Gasteiger partial charge on any atom is 0.274 e. The van der Waals surface area contributed by atoms with E-state index >= 15 is 0 Å². The maximum absolute atomic E-state index is 12.4. The molecule has 1 aromatic rings. The molecule has 0 aromatic carbocycles. The molecule has 0 spiro atoms. The molecule has 0 bridgehead atoms. The molecule has 1 fully saturated rings. The predicted molar refractivity (Wildman–Crippen MR) is 77.7 cm³/mol. The minimum atomic E-state index is -0.0606. The summed E-state index contributed by atoms with van der Waals surface area (Å²) in [5, 5.41) is 3.60. The molecule has 4 nitrogen and oxygen atoms in total. The number of carbonyl (C=O) groups is 1. The second-order valence-electron chi connectivity index (χ2n) is 5.10. The van der Waals surface area contributed by atoms with Crippen LogP contribution in [0.1, 0.15) is 37.2 Å². The van der Waals surface area contributed by atoms with Crippen LogP contribution in [-0.2, 0) is 0 Å². The summed E-state index contributed by atoms with van der Waals surface area (Å²) < 4.78 is 0. The molecule has 1 aliphatic heterocycles. The molecule has 1 saturated heterocycles. The number of nitrogens with zero attached hydrogens (tertiary/aromatic N) is 2. The van der Waals surface area contributed by atoms with Crippen LogP contribution in [0, 0.1) is 5.92 Å². The molecule has 5 heteroatoms. The molecule has 19 heavy (non-hydrogen) atoms. The molecule has 0 saturated carbocycles. The zero-order valence-corrected chi connectivity index (χ0v) is 12.2. The first kappa shape index (κ1) is 14.1. The number of anilines is 1. The molecule has 2 heterocycles. The fourth-order valence-electron chi connectivity index (χ4n) is 2.21. The van der Waals surface area contributed by atoms with Gasteiger partial charge in [0.25, 0.3) is 5.91 Å². The number of hydrogen-bond donors (Lipinski definition) is 1. The second-order valence-corrected chi connectivity index (χ2v) is 5.51. The molecule has 0 aliphatic carbocycles. The summed E-state index contributed by atoms with van der Waals surface area (Å²) in [5.74, 6) is 1.21. The summed E-state index contributed by atoms with van der Waals surface area (Å²) in [6, 6.07) is 3.54. The van der Waals surface area contributed by atoms with E-state index in [1.165, 1.54) is 0 Å². The summed E-state index contributed by atoms with van der Waals surface area (Å²) in [6.07, 6.45) is 2.06. The average molecular weight is 282 g/mol. The zero-order valence-electron chi connectivity index (χ0n) is 11.4. The Bertz CT molecular complexity index is 464. The molecular formula is C14H20ClN3O. The normalized spacial score (nSPS) is 18.7. The van der Waals surface area contributed by atoms with Crippen LogP contribution in [0.3, 0.4) is 0 Å². The van der Waals surface area contributed by atoms with Crippen LogP contribution in [0.2, 0.25) is 5.02 Å². The van der Waals surface area contributed by atoms with Gasteiger partial charge in [-0.05, 0) is 30.9 Å². The summed E-state index contributed by atoms with van der Waals surface area (Å²) in [6.45, 7) is 6.67. The lowest BCUT2D eigenvalue weighted by atomic mass is 10.2. The molecular weight excluding hydrogens is 262 g/mol. The topological polar surface area (TPSA) is 45.2 Å². The van der Waals surface area contributed by atoms with Gasteiger partial charge >= 0.3 is 0 Å². The van der Waals surface area contributed by atoms with Crippen molar-refractivity contribution in [2.45, 2.75) is 26.7 Å². The van der Waals surface area contributed by atoms with E-state index < -0.39 is 0 Å². The van der Waals surface area contributed by atoms with Crippen molar-refractivity contribution in [3.8, 4) is 0 Å². The number of aromatic nitrogens is 1. The molecule has 1 N–H and O–H groups in total. The van der Waals surface area contributed by atoms with E-state index in [4.69, 9.17) is 11.6 Å². The van der Waals surface area contributed by atoms with Gasteiger partial charge in [-0.2, -0.15) is 0 Å². The lowest BCUT2D eigenvalue weighted by molar-refractivity contribution is 0.0782. The van der Waals surface area contributed by atoms with Crippen LogP contribution in [0.4, 0.5) is 5.82 Å². The van der Waals surface area contributed by atoms with E-state index in [0.717, 1.165) is 32.5 Å². The fourth-order valence-corrected chi connectivity index (χ4v) is 2.40. The molecule has 1 atom stereocenters. The van der Waals surface area contributed by atoms with E-state index in [9.17, 15) is 4.79 Å². The van der Waals surface area contributed by atoms with Gasteiger partial charge in [-0.3, -0.25) is 4.79 Å². The zero-order chi connectivity index (χ0) is 13.8.